The summed E-state index contributed by atoms with van der Waals surface area (Å²) in [7, 11) is -4.27. The average Bonchev–Trinajstić information content (AvgIpc) is 3.42. The van der Waals surface area contributed by atoms with Gasteiger partial charge in [0.2, 0.25) is 15.9 Å². The summed E-state index contributed by atoms with van der Waals surface area (Å²) in [4.78, 5) is 14.6. The van der Waals surface area contributed by atoms with Crippen LogP contribution in [0.1, 0.15) is 24.5 Å². The van der Waals surface area contributed by atoms with Crippen LogP contribution in [-0.4, -0.2) is 55.6 Å². The summed E-state index contributed by atoms with van der Waals surface area (Å²) in [5.74, 6) is -3.17. The van der Waals surface area contributed by atoms with E-state index in [4.69, 9.17) is 14.7 Å². The topological polar surface area (TPSA) is 129 Å². The molecule has 0 saturated carbocycles. The molecule has 39 heavy (non-hydrogen) atoms. The number of carbonyl (C=O) groups is 1. The minimum absolute atomic E-state index is 0.0440. The lowest BCUT2D eigenvalue weighted by molar-refractivity contribution is -0.145. The lowest BCUT2D eigenvalue weighted by Gasteiger charge is -2.46. The molecule has 2 aromatic rings. The Labute approximate surface area is 220 Å². The van der Waals surface area contributed by atoms with Crippen LogP contribution in [0.15, 0.2) is 47.4 Å². The quantitative estimate of drug-likeness (QED) is 0.543. The maximum Gasteiger partial charge on any atom is 0.417 e. The first-order valence-corrected chi connectivity index (χ1v) is 13.4. The summed E-state index contributed by atoms with van der Waals surface area (Å²) in [5, 5.41) is 20.5. The fourth-order valence-corrected chi connectivity index (χ4v) is 8.02. The van der Waals surface area contributed by atoms with Crippen molar-refractivity contribution >= 4 is 21.6 Å². The summed E-state index contributed by atoms with van der Waals surface area (Å²) in [6.07, 6.45) is -7.38. The van der Waals surface area contributed by atoms with Crippen LogP contribution < -0.4 is 9.62 Å². The number of rotatable bonds is 4. The number of alkyl halides is 3. The molecule has 2 aromatic carbocycles. The minimum Gasteiger partial charge on any atom is -0.388 e. The SMILES string of the molecule is C[C@]12O[C@@]3(CCO[C@H]4[C@@H]3[C@@H]1C(=O)N4c1ccc(C#N)c(C(F)(F)F)c1)[C@H](NS(=O)(=O)c1ccc(F)cc1)[C@H]2O. The lowest BCUT2D eigenvalue weighted by Crippen LogP contribution is -2.66. The van der Waals surface area contributed by atoms with Gasteiger partial charge >= 0.3 is 6.18 Å². The molecule has 0 radical (unpaired) electrons. The van der Waals surface area contributed by atoms with Gasteiger partial charge in [-0.2, -0.15) is 18.4 Å². The van der Waals surface area contributed by atoms with Crippen LogP contribution in [0, 0.1) is 29.0 Å². The van der Waals surface area contributed by atoms with Gasteiger partial charge in [-0.3, -0.25) is 9.69 Å². The summed E-state index contributed by atoms with van der Waals surface area (Å²) in [5.41, 5.74) is -4.98. The summed E-state index contributed by atoms with van der Waals surface area (Å²) >= 11 is 0. The van der Waals surface area contributed by atoms with Crippen molar-refractivity contribution in [3.63, 3.8) is 0 Å². The Morgan fingerprint density at radius 2 is 1.90 bits per heavy atom. The maximum atomic E-state index is 13.8. The van der Waals surface area contributed by atoms with Gasteiger partial charge in [0.15, 0.2) is 0 Å². The smallest absolute Gasteiger partial charge is 0.388 e. The molecule has 1 amide bonds. The van der Waals surface area contributed by atoms with E-state index >= 15 is 0 Å². The van der Waals surface area contributed by atoms with Crippen LogP contribution in [0.4, 0.5) is 23.2 Å². The number of fused-ring (bicyclic) bond motifs is 2. The number of anilines is 1. The molecule has 0 aliphatic carbocycles. The largest absolute Gasteiger partial charge is 0.417 e. The minimum atomic E-state index is -4.86. The number of aliphatic hydroxyl groups excluding tert-OH is 1. The van der Waals surface area contributed by atoms with E-state index < -0.39 is 80.5 Å². The Balaban J connectivity index is 1.41. The molecule has 7 atom stereocenters. The molecule has 9 nitrogen and oxygen atoms in total. The number of ether oxygens (including phenoxy) is 2. The van der Waals surface area contributed by atoms with E-state index in [-0.39, 0.29) is 23.6 Å². The van der Waals surface area contributed by atoms with Crippen molar-refractivity contribution in [1.82, 2.24) is 4.72 Å². The Morgan fingerprint density at radius 1 is 1.21 bits per heavy atom. The average molecular weight is 568 g/mol. The fraction of sp³-hybridized carbons (Fsp3) is 0.440. The van der Waals surface area contributed by atoms with E-state index in [2.05, 4.69) is 4.72 Å². The van der Waals surface area contributed by atoms with E-state index in [1.165, 1.54) is 19.1 Å². The van der Waals surface area contributed by atoms with E-state index in [0.29, 0.717) is 6.07 Å². The second kappa shape index (κ2) is 8.21. The first-order valence-electron chi connectivity index (χ1n) is 12.0. The van der Waals surface area contributed by atoms with Crippen LogP contribution in [0.2, 0.25) is 0 Å². The molecule has 1 spiro atoms. The third-order valence-electron chi connectivity index (χ3n) is 8.34. The van der Waals surface area contributed by atoms with Crippen molar-refractivity contribution in [1.29, 1.82) is 5.26 Å². The van der Waals surface area contributed by atoms with Gasteiger partial charge in [0.1, 0.15) is 23.8 Å². The van der Waals surface area contributed by atoms with Crippen molar-refractivity contribution in [2.24, 2.45) is 11.8 Å². The molecule has 0 aromatic heterocycles. The molecule has 0 unspecified atom stereocenters. The molecule has 2 N–H and O–H groups in total. The predicted molar refractivity (Wildman–Crippen MR) is 124 cm³/mol. The third kappa shape index (κ3) is 3.50. The lowest BCUT2D eigenvalue weighted by atomic mass is 9.63. The normalized spacial score (nSPS) is 35.3. The second-order valence-electron chi connectivity index (χ2n) is 10.3. The molecule has 4 aliphatic heterocycles. The standard InChI is InChI=1S/C25H21F4N3O6S/c1-23-17-18-22(32(21(17)34)14-5-2-12(11-30)16(10-14)25(27,28)29)37-9-8-24(18,38-23)19(20(23)33)31-39(35,36)15-6-3-13(26)4-7-15/h2-7,10,17-20,22,31,33H,8-9H2,1H3/t17-,18+,19-,20-,22+,23+,24-/m1/s1. The number of hydrogen-bond acceptors (Lipinski definition) is 7. The molecule has 14 heteroatoms. The number of aliphatic hydroxyl groups is 1. The van der Waals surface area contributed by atoms with Gasteiger partial charge in [-0.05, 0) is 49.4 Å². The highest BCUT2D eigenvalue weighted by Crippen LogP contribution is 2.65. The van der Waals surface area contributed by atoms with Crippen LogP contribution in [0.3, 0.4) is 0 Å². The number of nitrogens with zero attached hydrogens (tertiary/aromatic N) is 2. The van der Waals surface area contributed by atoms with Gasteiger partial charge in [-0.1, -0.05) is 0 Å². The van der Waals surface area contributed by atoms with Gasteiger partial charge in [-0.15, -0.1) is 0 Å². The zero-order chi connectivity index (χ0) is 28.1. The molecule has 6 rings (SSSR count). The molecule has 4 heterocycles. The first-order chi connectivity index (χ1) is 18.2. The zero-order valence-corrected chi connectivity index (χ0v) is 21.0. The van der Waals surface area contributed by atoms with E-state index in [0.717, 1.165) is 35.2 Å². The third-order valence-corrected chi connectivity index (χ3v) is 9.80. The number of carbonyl (C=O) groups excluding carboxylic acids is 1. The van der Waals surface area contributed by atoms with Crippen molar-refractivity contribution in [2.75, 3.05) is 11.5 Å². The molecular formula is C25H21F4N3O6S. The number of halogens is 4. The first kappa shape index (κ1) is 26.1. The second-order valence-corrected chi connectivity index (χ2v) is 12.0. The highest BCUT2D eigenvalue weighted by atomic mass is 32.2. The van der Waals surface area contributed by atoms with Crippen molar-refractivity contribution < 1.29 is 45.4 Å². The Kier molecular flexibility index (Phi) is 5.51. The molecule has 4 fully saturated rings. The van der Waals surface area contributed by atoms with Crippen molar-refractivity contribution in [3.05, 3.63) is 59.4 Å². The summed E-state index contributed by atoms with van der Waals surface area (Å²) < 4.78 is 95.4. The van der Waals surface area contributed by atoms with Gasteiger partial charge < -0.3 is 14.6 Å². The van der Waals surface area contributed by atoms with Gasteiger partial charge in [-0.25, -0.2) is 17.5 Å². The highest BCUT2D eigenvalue weighted by Gasteiger charge is 2.81. The Hall–Kier alpha value is -3.09. The van der Waals surface area contributed by atoms with E-state index in [1.54, 1.807) is 0 Å². The van der Waals surface area contributed by atoms with Crippen LogP contribution in [0.5, 0.6) is 0 Å². The maximum absolute atomic E-state index is 13.8. The van der Waals surface area contributed by atoms with Gasteiger partial charge in [0.05, 0.1) is 46.3 Å². The zero-order valence-electron chi connectivity index (χ0n) is 20.1. The van der Waals surface area contributed by atoms with Crippen LogP contribution >= 0.6 is 0 Å². The Morgan fingerprint density at radius 3 is 2.54 bits per heavy atom. The fourth-order valence-electron chi connectivity index (χ4n) is 6.73. The molecular weight excluding hydrogens is 546 g/mol. The highest BCUT2D eigenvalue weighted by molar-refractivity contribution is 7.89. The molecule has 4 aliphatic rings. The number of sulfonamides is 1. The van der Waals surface area contributed by atoms with E-state index in [1.807, 2.05) is 0 Å². The summed E-state index contributed by atoms with van der Waals surface area (Å²) in [6.45, 7) is 1.42. The Bertz CT molecular complexity index is 1530. The number of benzene rings is 2. The molecule has 2 bridgehead atoms. The van der Waals surface area contributed by atoms with Crippen molar-refractivity contribution in [3.8, 4) is 6.07 Å². The van der Waals surface area contributed by atoms with Crippen LogP contribution in [0.25, 0.3) is 0 Å². The van der Waals surface area contributed by atoms with Gasteiger partial charge in [0.25, 0.3) is 0 Å². The number of amides is 1. The van der Waals surface area contributed by atoms with Crippen LogP contribution in [-0.2, 0) is 30.5 Å². The van der Waals surface area contributed by atoms with E-state index in [9.17, 15) is 35.9 Å². The predicted octanol–water partition coefficient (Wildman–Crippen LogP) is 2.29. The summed E-state index contributed by atoms with van der Waals surface area (Å²) in [6, 6.07) is 7.25. The number of hydrogen-bond donors (Lipinski definition) is 2. The van der Waals surface area contributed by atoms with Gasteiger partial charge in [0, 0.05) is 18.0 Å². The number of nitrogens with one attached hydrogen (secondary N) is 1. The molecule has 4 saturated heterocycles. The molecule has 206 valence electrons. The number of nitriles is 1. The monoisotopic (exact) mass is 567 g/mol. The van der Waals surface area contributed by atoms with Crippen molar-refractivity contribution in [2.45, 2.75) is 54.0 Å².